The van der Waals surface area contributed by atoms with E-state index in [1.807, 2.05) is 0 Å². The molecule has 0 aromatic rings. The van der Waals surface area contributed by atoms with Crippen molar-refractivity contribution in [2.24, 2.45) is 22.6 Å². The van der Waals surface area contributed by atoms with Crippen LogP contribution in [-0.4, -0.2) is 17.5 Å². The quantitative estimate of drug-likeness (QED) is 0.515. The van der Waals surface area contributed by atoms with Crippen LogP contribution in [0.2, 0.25) is 0 Å². The van der Waals surface area contributed by atoms with E-state index in [9.17, 15) is 0 Å². The summed E-state index contributed by atoms with van der Waals surface area (Å²) in [7, 11) is 0. The van der Waals surface area contributed by atoms with Gasteiger partial charge in [-0.05, 0) is 45.4 Å². The van der Waals surface area contributed by atoms with Gasteiger partial charge in [0.05, 0.1) is 6.04 Å². The highest BCUT2D eigenvalue weighted by atomic mass is 15.1. The Morgan fingerprint density at radius 1 is 1.27 bits per heavy atom. The van der Waals surface area contributed by atoms with Gasteiger partial charge >= 0.3 is 0 Å². The molecule has 0 bridgehead atoms. The second-order valence-corrected chi connectivity index (χ2v) is 5.87. The normalized spacial score (nSPS) is 33.1. The Morgan fingerprint density at radius 2 is 1.87 bits per heavy atom. The lowest BCUT2D eigenvalue weighted by Gasteiger charge is -2.22. The lowest BCUT2D eigenvalue weighted by atomic mass is 9.98. The molecule has 1 saturated carbocycles. The molecule has 88 valence electrons. The van der Waals surface area contributed by atoms with Gasteiger partial charge in [0.15, 0.2) is 5.96 Å². The Morgan fingerprint density at radius 3 is 2.27 bits per heavy atom. The molecule has 0 amide bonds. The van der Waals surface area contributed by atoms with E-state index >= 15 is 0 Å². The molecule has 3 nitrogen and oxygen atoms in total. The van der Waals surface area contributed by atoms with Crippen LogP contribution in [0.15, 0.2) is 4.99 Å². The molecule has 1 aliphatic carbocycles. The summed E-state index contributed by atoms with van der Waals surface area (Å²) in [6.07, 6.45) is 2.45. The van der Waals surface area contributed by atoms with Crippen LogP contribution in [0.3, 0.4) is 0 Å². The van der Waals surface area contributed by atoms with E-state index in [2.05, 4.69) is 44.9 Å². The largest absolute Gasteiger partial charge is 0.370 e. The van der Waals surface area contributed by atoms with Crippen molar-refractivity contribution in [1.29, 1.82) is 0 Å². The predicted molar refractivity (Wildman–Crippen MR) is 65.9 cm³/mol. The minimum atomic E-state index is 0.00103. The van der Waals surface area contributed by atoms with Crippen LogP contribution in [0.1, 0.15) is 47.5 Å². The summed E-state index contributed by atoms with van der Waals surface area (Å²) in [6.45, 7) is 10.9. The Kier molecular flexibility index (Phi) is 3.63. The number of hydrogen-bond acceptors (Lipinski definition) is 1. The zero-order valence-electron chi connectivity index (χ0n) is 10.7. The van der Waals surface area contributed by atoms with Crippen molar-refractivity contribution in [3.8, 4) is 0 Å². The number of rotatable bonds is 1. The molecule has 0 aromatic carbocycles. The van der Waals surface area contributed by atoms with Gasteiger partial charge in [-0.2, -0.15) is 0 Å². The third-order valence-corrected chi connectivity index (χ3v) is 3.23. The van der Waals surface area contributed by atoms with E-state index in [-0.39, 0.29) is 5.54 Å². The Bertz CT molecular complexity index is 240. The van der Waals surface area contributed by atoms with Crippen LogP contribution in [-0.2, 0) is 0 Å². The summed E-state index contributed by atoms with van der Waals surface area (Å²) in [6, 6.07) is 0.412. The average Bonchev–Trinajstić information content (AvgIpc) is 2.32. The van der Waals surface area contributed by atoms with Gasteiger partial charge in [-0.25, -0.2) is 4.99 Å². The lowest BCUT2D eigenvalue weighted by molar-refractivity contribution is 0.420. The fourth-order valence-electron chi connectivity index (χ4n) is 2.12. The van der Waals surface area contributed by atoms with Crippen molar-refractivity contribution in [2.75, 3.05) is 0 Å². The Labute approximate surface area is 93.5 Å². The third-order valence-electron chi connectivity index (χ3n) is 3.23. The molecule has 3 heteroatoms. The SMILES string of the molecule is CC1CCC(N=C(N)NC(C)(C)C)C1C. The molecule has 0 heterocycles. The number of nitrogens with one attached hydrogen (secondary N) is 1. The third kappa shape index (κ3) is 3.73. The van der Waals surface area contributed by atoms with Crippen molar-refractivity contribution in [1.82, 2.24) is 5.32 Å². The first-order chi connectivity index (χ1) is 6.79. The molecule has 0 spiro atoms. The second kappa shape index (κ2) is 4.42. The van der Waals surface area contributed by atoms with Crippen LogP contribution < -0.4 is 11.1 Å². The molecule has 1 aliphatic rings. The van der Waals surface area contributed by atoms with Gasteiger partial charge in [-0.3, -0.25) is 0 Å². The standard InChI is InChI=1S/C12H25N3/c1-8-6-7-10(9(8)2)14-11(13)15-12(3,4)5/h8-10H,6-7H2,1-5H3,(H3,13,14,15). The summed E-state index contributed by atoms with van der Waals surface area (Å²) in [5.41, 5.74) is 5.89. The molecular formula is C12H25N3. The molecule has 15 heavy (non-hydrogen) atoms. The summed E-state index contributed by atoms with van der Waals surface area (Å²) >= 11 is 0. The molecular weight excluding hydrogens is 186 g/mol. The van der Waals surface area contributed by atoms with Crippen molar-refractivity contribution in [3.63, 3.8) is 0 Å². The Balaban J connectivity index is 2.56. The molecule has 3 N–H and O–H groups in total. The number of hydrogen-bond donors (Lipinski definition) is 2. The first-order valence-electron chi connectivity index (χ1n) is 5.91. The van der Waals surface area contributed by atoms with E-state index in [0.717, 1.165) is 5.92 Å². The van der Waals surface area contributed by atoms with Crippen LogP contribution in [0.4, 0.5) is 0 Å². The summed E-state index contributed by atoms with van der Waals surface area (Å²) in [4.78, 5) is 4.58. The molecule has 1 fully saturated rings. The zero-order chi connectivity index (χ0) is 11.6. The predicted octanol–water partition coefficient (Wildman–Crippen LogP) is 2.12. The van der Waals surface area contributed by atoms with Crippen molar-refractivity contribution in [2.45, 2.75) is 59.0 Å². The fourth-order valence-corrected chi connectivity index (χ4v) is 2.12. The monoisotopic (exact) mass is 211 g/mol. The van der Waals surface area contributed by atoms with E-state index in [4.69, 9.17) is 5.73 Å². The molecule has 0 radical (unpaired) electrons. The number of nitrogens with zero attached hydrogens (tertiary/aromatic N) is 1. The van der Waals surface area contributed by atoms with Gasteiger partial charge in [0.25, 0.3) is 0 Å². The summed E-state index contributed by atoms with van der Waals surface area (Å²) in [5.74, 6) is 2.03. The first-order valence-corrected chi connectivity index (χ1v) is 5.91. The van der Waals surface area contributed by atoms with Crippen LogP contribution >= 0.6 is 0 Å². The first kappa shape index (κ1) is 12.3. The summed E-state index contributed by atoms with van der Waals surface area (Å²) < 4.78 is 0. The maximum atomic E-state index is 5.89. The Hall–Kier alpha value is -0.730. The maximum Gasteiger partial charge on any atom is 0.189 e. The van der Waals surface area contributed by atoms with Crippen molar-refractivity contribution >= 4 is 5.96 Å². The molecule has 0 aliphatic heterocycles. The molecule has 0 aromatic heterocycles. The zero-order valence-corrected chi connectivity index (χ0v) is 10.7. The van der Waals surface area contributed by atoms with Crippen molar-refractivity contribution < 1.29 is 0 Å². The van der Waals surface area contributed by atoms with E-state index < -0.39 is 0 Å². The van der Waals surface area contributed by atoms with Gasteiger partial charge in [0.2, 0.25) is 0 Å². The average molecular weight is 211 g/mol. The van der Waals surface area contributed by atoms with Gasteiger partial charge in [0, 0.05) is 5.54 Å². The van der Waals surface area contributed by atoms with E-state index in [1.54, 1.807) is 0 Å². The molecule has 3 unspecified atom stereocenters. The second-order valence-electron chi connectivity index (χ2n) is 5.87. The minimum absolute atomic E-state index is 0.00103. The number of guanidine groups is 1. The highest BCUT2D eigenvalue weighted by Gasteiger charge is 2.29. The summed E-state index contributed by atoms with van der Waals surface area (Å²) in [5, 5.41) is 3.21. The topological polar surface area (TPSA) is 50.4 Å². The van der Waals surface area contributed by atoms with Gasteiger partial charge in [-0.15, -0.1) is 0 Å². The van der Waals surface area contributed by atoms with Crippen LogP contribution in [0.5, 0.6) is 0 Å². The van der Waals surface area contributed by atoms with E-state index in [1.165, 1.54) is 12.8 Å². The highest BCUT2D eigenvalue weighted by molar-refractivity contribution is 5.78. The van der Waals surface area contributed by atoms with Gasteiger partial charge in [-0.1, -0.05) is 13.8 Å². The van der Waals surface area contributed by atoms with Crippen LogP contribution in [0, 0.1) is 11.8 Å². The minimum Gasteiger partial charge on any atom is -0.370 e. The molecule has 3 atom stereocenters. The number of nitrogens with two attached hydrogens (primary N) is 1. The molecule has 1 rings (SSSR count). The number of aliphatic imine (C=N–C) groups is 1. The maximum absolute atomic E-state index is 5.89. The van der Waals surface area contributed by atoms with E-state index in [0.29, 0.717) is 17.9 Å². The lowest BCUT2D eigenvalue weighted by Crippen LogP contribution is -2.45. The smallest absolute Gasteiger partial charge is 0.189 e. The molecule has 0 saturated heterocycles. The van der Waals surface area contributed by atoms with Gasteiger partial charge in [0.1, 0.15) is 0 Å². The fraction of sp³-hybridized carbons (Fsp3) is 0.917. The van der Waals surface area contributed by atoms with Gasteiger partial charge < -0.3 is 11.1 Å². The van der Waals surface area contributed by atoms with Crippen LogP contribution in [0.25, 0.3) is 0 Å². The highest BCUT2D eigenvalue weighted by Crippen LogP contribution is 2.33. The van der Waals surface area contributed by atoms with Crippen molar-refractivity contribution in [3.05, 3.63) is 0 Å².